The molecular weight excluding hydrogens is 408 g/mol. The molecule has 0 saturated heterocycles. The van der Waals surface area contributed by atoms with Crippen LogP contribution in [0.3, 0.4) is 0 Å². The Morgan fingerprint density at radius 3 is 2.50 bits per heavy atom. The first kappa shape index (κ1) is 20.3. The normalized spacial score (nSPS) is 22.4. The van der Waals surface area contributed by atoms with Crippen molar-refractivity contribution in [2.75, 3.05) is 14.2 Å². The molecule has 0 aromatic heterocycles. The molecule has 6 nitrogen and oxygen atoms in total. The van der Waals surface area contributed by atoms with Gasteiger partial charge in [-0.1, -0.05) is 48.9 Å². The fourth-order valence-corrected chi connectivity index (χ4v) is 4.24. The molecule has 0 N–H and O–H groups in total. The summed E-state index contributed by atoms with van der Waals surface area (Å²) in [5.74, 6) is 0.0264. The van der Waals surface area contributed by atoms with E-state index in [0.29, 0.717) is 11.5 Å². The van der Waals surface area contributed by atoms with E-state index < -0.39 is 11.5 Å². The van der Waals surface area contributed by atoms with Gasteiger partial charge in [-0.15, -0.1) is 0 Å². The maximum absolute atomic E-state index is 13.7. The van der Waals surface area contributed by atoms with Crippen LogP contribution in [-0.4, -0.2) is 31.4 Å². The van der Waals surface area contributed by atoms with Crippen LogP contribution < -0.4 is 14.2 Å². The van der Waals surface area contributed by atoms with E-state index in [1.807, 2.05) is 30.3 Å². The summed E-state index contributed by atoms with van der Waals surface area (Å²) in [6, 6.07) is 11.0. The number of hydrogen-bond acceptors (Lipinski definition) is 6. The number of benzene rings is 2. The van der Waals surface area contributed by atoms with Crippen molar-refractivity contribution in [3.05, 3.63) is 64.4 Å². The minimum absolute atomic E-state index is 0.126. The standard InChI is InChI=1S/C23H21ClO6/c1-13-9-15(25)10-18(29-12-14-7-5-4-6-8-14)23(13)22(26)19-16(27-2)11-17(28-3)20(24)21(19)30-23/h4-8,10-11,13H,9,12H2,1-3H3. The Hall–Kier alpha value is -2.99. The molecule has 2 aliphatic rings. The molecule has 30 heavy (non-hydrogen) atoms. The number of methoxy groups -OCH3 is 2. The molecule has 7 heteroatoms. The van der Waals surface area contributed by atoms with Crippen LogP contribution in [0, 0.1) is 5.92 Å². The van der Waals surface area contributed by atoms with Gasteiger partial charge in [-0.05, 0) is 5.56 Å². The summed E-state index contributed by atoms with van der Waals surface area (Å²) >= 11 is 6.46. The van der Waals surface area contributed by atoms with E-state index in [4.69, 9.17) is 30.5 Å². The van der Waals surface area contributed by atoms with Crippen LogP contribution in [0.15, 0.2) is 48.2 Å². The predicted molar refractivity (Wildman–Crippen MR) is 110 cm³/mol. The second-order valence-electron chi connectivity index (χ2n) is 7.32. The summed E-state index contributed by atoms with van der Waals surface area (Å²) < 4.78 is 22.9. The van der Waals surface area contributed by atoms with Crippen molar-refractivity contribution in [2.45, 2.75) is 25.6 Å². The summed E-state index contributed by atoms with van der Waals surface area (Å²) in [5, 5.41) is 0.171. The van der Waals surface area contributed by atoms with Crippen LogP contribution in [-0.2, 0) is 16.1 Å². The summed E-state index contributed by atoms with van der Waals surface area (Å²) in [5.41, 5.74) is -0.368. The third-order valence-corrected chi connectivity index (χ3v) is 5.87. The number of carbonyl (C=O) groups is 2. The zero-order chi connectivity index (χ0) is 21.5. The summed E-state index contributed by atoms with van der Waals surface area (Å²) in [4.78, 5) is 26.0. The molecule has 1 heterocycles. The van der Waals surface area contributed by atoms with Gasteiger partial charge >= 0.3 is 0 Å². The number of halogens is 1. The van der Waals surface area contributed by atoms with Crippen LogP contribution in [0.2, 0.25) is 5.02 Å². The van der Waals surface area contributed by atoms with Crippen LogP contribution in [0.5, 0.6) is 17.2 Å². The highest BCUT2D eigenvalue weighted by atomic mass is 35.5. The van der Waals surface area contributed by atoms with E-state index >= 15 is 0 Å². The molecule has 0 bridgehead atoms. The van der Waals surface area contributed by atoms with Crippen molar-refractivity contribution in [1.82, 2.24) is 0 Å². The van der Waals surface area contributed by atoms with Gasteiger partial charge in [-0.3, -0.25) is 9.59 Å². The number of carbonyl (C=O) groups excluding carboxylic acids is 2. The van der Waals surface area contributed by atoms with Gasteiger partial charge in [0.15, 0.2) is 17.3 Å². The van der Waals surface area contributed by atoms with Crippen molar-refractivity contribution >= 4 is 23.2 Å². The SMILES string of the molecule is COc1cc(OC)c2c(c1Cl)OC1(C2=O)C(OCc2ccccc2)=CC(=O)CC1C. The van der Waals surface area contributed by atoms with Crippen molar-refractivity contribution < 1.29 is 28.5 Å². The topological polar surface area (TPSA) is 71.1 Å². The number of ether oxygens (including phenoxy) is 4. The van der Waals surface area contributed by atoms with E-state index in [0.717, 1.165) is 5.56 Å². The number of rotatable bonds is 5. The molecular formula is C23H21ClO6. The first-order valence-electron chi connectivity index (χ1n) is 9.52. The Bertz CT molecular complexity index is 1050. The van der Waals surface area contributed by atoms with Gasteiger partial charge in [-0.25, -0.2) is 0 Å². The molecule has 0 saturated carbocycles. The smallest absolute Gasteiger partial charge is 0.231 e. The van der Waals surface area contributed by atoms with E-state index in [-0.39, 0.29) is 46.7 Å². The lowest BCUT2D eigenvalue weighted by atomic mass is 9.75. The van der Waals surface area contributed by atoms with Crippen molar-refractivity contribution in [3.8, 4) is 17.2 Å². The maximum Gasteiger partial charge on any atom is 0.231 e. The predicted octanol–water partition coefficient (Wildman–Crippen LogP) is 4.38. The van der Waals surface area contributed by atoms with E-state index in [9.17, 15) is 9.59 Å². The second-order valence-corrected chi connectivity index (χ2v) is 7.70. The molecule has 1 aliphatic carbocycles. The Kier molecular flexibility index (Phi) is 5.20. The van der Waals surface area contributed by atoms with Crippen LogP contribution in [0.1, 0.15) is 29.3 Å². The van der Waals surface area contributed by atoms with Crippen molar-refractivity contribution in [1.29, 1.82) is 0 Å². The zero-order valence-electron chi connectivity index (χ0n) is 16.9. The van der Waals surface area contributed by atoms with Gasteiger partial charge in [0, 0.05) is 24.5 Å². The number of hydrogen-bond donors (Lipinski definition) is 0. The van der Waals surface area contributed by atoms with Crippen LogP contribution in [0.25, 0.3) is 0 Å². The Morgan fingerprint density at radius 1 is 1.13 bits per heavy atom. The third kappa shape index (κ3) is 3.03. The number of fused-ring (bicyclic) bond motifs is 1. The first-order valence-corrected chi connectivity index (χ1v) is 9.90. The maximum atomic E-state index is 13.7. The molecule has 2 atom stereocenters. The summed E-state index contributed by atoms with van der Waals surface area (Å²) in [6.07, 6.45) is 1.50. The quantitative estimate of drug-likeness (QED) is 0.703. The highest BCUT2D eigenvalue weighted by Gasteiger charge is 2.60. The molecule has 1 aliphatic heterocycles. The molecule has 4 rings (SSSR count). The van der Waals surface area contributed by atoms with E-state index in [1.54, 1.807) is 13.0 Å². The number of allylic oxidation sites excluding steroid dienone is 1. The Balaban J connectivity index is 1.80. The molecule has 156 valence electrons. The molecule has 2 unspecified atom stereocenters. The lowest BCUT2D eigenvalue weighted by molar-refractivity contribution is -0.118. The van der Waals surface area contributed by atoms with Gasteiger partial charge in [0.2, 0.25) is 11.4 Å². The van der Waals surface area contributed by atoms with Gasteiger partial charge in [0.1, 0.15) is 28.7 Å². The minimum Gasteiger partial charge on any atom is -0.496 e. The highest BCUT2D eigenvalue weighted by molar-refractivity contribution is 6.35. The summed E-state index contributed by atoms with van der Waals surface area (Å²) in [7, 11) is 2.92. The molecule has 1 spiro atoms. The molecule has 0 amide bonds. The van der Waals surface area contributed by atoms with Gasteiger partial charge in [-0.2, -0.15) is 0 Å². The Morgan fingerprint density at radius 2 is 1.83 bits per heavy atom. The number of Topliss-reactive ketones (excluding diaryl/α,β-unsaturated/α-hetero) is 1. The average Bonchev–Trinajstić information content (AvgIpc) is 3.06. The van der Waals surface area contributed by atoms with Gasteiger partial charge in [0.05, 0.1) is 14.2 Å². The number of ketones is 2. The summed E-state index contributed by atoms with van der Waals surface area (Å²) in [6.45, 7) is 1.98. The van der Waals surface area contributed by atoms with E-state index in [2.05, 4.69) is 0 Å². The van der Waals surface area contributed by atoms with Crippen molar-refractivity contribution in [3.63, 3.8) is 0 Å². The minimum atomic E-state index is -1.49. The third-order valence-electron chi connectivity index (χ3n) is 5.52. The Labute approximate surface area is 179 Å². The fraction of sp³-hybridized carbons (Fsp3) is 0.304. The molecule has 0 radical (unpaired) electrons. The van der Waals surface area contributed by atoms with Crippen LogP contribution >= 0.6 is 11.6 Å². The fourth-order valence-electron chi connectivity index (χ4n) is 3.97. The lowest BCUT2D eigenvalue weighted by Gasteiger charge is -2.37. The molecule has 2 aromatic rings. The monoisotopic (exact) mass is 428 g/mol. The van der Waals surface area contributed by atoms with Gasteiger partial charge < -0.3 is 18.9 Å². The first-order chi connectivity index (χ1) is 14.4. The molecule has 0 fully saturated rings. The molecule has 2 aromatic carbocycles. The largest absolute Gasteiger partial charge is 0.496 e. The van der Waals surface area contributed by atoms with Crippen LogP contribution in [0.4, 0.5) is 0 Å². The van der Waals surface area contributed by atoms with Crippen molar-refractivity contribution in [2.24, 2.45) is 5.92 Å². The van der Waals surface area contributed by atoms with Gasteiger partial charge in [0.25, 0.3) is 0 Å². The lowest BCUT2D eigenvalue weighted by Crippen LogP contribution is -2.51. The average molecular weight is 429 g/mol. The second kappa shape index (κ2) is 7.69. The highest BCUT2D eigenvalue weighted by Crippen LogP contribution is 2.54. The zero-order valence-corrected chi connectivity index (χ0v) is 17.6. The van der Waals surface area contributed by atoms with E-state index in [1.165, 1.54) is 20.3 Å².